The molecule has 0 amide bonds. The molecule has 5 nitrogen and oxygen atoms in total. The maximum Gasteiger partial charge on any atom is 0.335 e. The zero-order chi connectivity index (χ0) is 13.9. The highest BCUT2D eigenvalue weighted by atomic mass is 32.2. The predicted octanol–water partition coefficient (Wildman–Crippen LogP) is 1.59. The van der Waals surface area contributed by atoms with E-state index in [0.29, 0.717) is 18.8 Å². The summed E-state index contributed by atoms with van der Waals surface area (Å²) in [4.78, 5) is 10.8. The van der Waals surface area contributed by atoms with Crippen LogP contribution in [0.2, 0.25) is 0 Å². The van der Waals surface area contributed by atoms with E-state index in [1.165, 1.54) is 12.1 Å². The molecule has 2 rings (SSSR count). The number of aromatic carboxylic acids is 1. The summed E-state index contributed by atoms with van der Waals surface area (Å²) in [6.07, 6.45) is 1.50. The number of ether oxygens (including phenoxy) is 1. The zero-order valence-electron chi connectivity index (χ0n) is 10.4. The van der Waals surface area contributed by atoms with Gasteiger partial charge in [-0.3, -0.25) is 0 Å². The molecule has 1 aromatic rings. The highest BCUT2D eigenvalue weighted by molar-refractivity contribution is 7.91. The van der Waals surface area contributed by atoms with Gasteiger partial charge in [0.25, 0.3) is 0 Å². The molecule has 0 radical (unpaired) electrons. The van der Waals surface area contributed by atoms with E-state index in [1.54, 1.807) is 12.1 Å². The molecular formula is C13H16O5S. The maximum absolute atomic E-state index is 11.5. The normalized spacial score (nSPS) is 21.8. The molecule has 19 heavy (non-hydrogen) atoms. The molecule has 1 aromatic carbocycles. The number of hydrogen-bond donors (Lipinski definition) is 1. The van der Waals surface area contributed by atoms with Crippen LogP contribution in [0.3, 0.4) is 0 Å². The Kier molecular flexibility index (Phi) is 4.09. The van der Waals surface area contributed by atoms with E-state index in [4.69, 9.17) is 9.84 Å². The third kappa shape index (κ3) is 3.96. The fraction of sp³-hybridized carbons (Fsp3) is 0.462. The van der Waals surface area contributed by atoms with Gasteiger partial charge in [-0.15, -0.1) is 0 Å². The molecule has 0 saturated carbocycles. The largest absolute Gasteiger partial charge is 0.493 e. The highest BCUT2D eigenvalue weighted by Gasteiger charge is 2.25. The Hall–Kier alpha value is -1.56. The maximum atomic E-state index is 11.5. The number of hydrogen-bond acceptors (Lipinski definition) is 4. The summed E-state index contributed by atoms with van der Waals surface area (Å²) >= 11 is 0. The quantitative estimate of drug-likeness (QED) is 0.908. The molecule has 0 aromatic heterocycles. The van der Waals surface area contributed by atoms with E-state index in [-0.39, 0.29) is 23.0 Å². The summed E-state index contributed by atoms with van der Waals surface area (Å²) in [5.41, 5.74) is 0.161. The molecular weight excluding hydrogens is 268 g/mol. The van der Waals surface area contributed by atoms with E-state index in [1.807, 2.05) is 0 Å². The third-order valence-corrected chi connectivity index (χ3v) is 5.01. The molecule has 0 bridgehead atoms. The Bertz CT molecular complexity index is 564. The van der Waals surface area contributed by atoms with Crippen molar-refractivity contribution in [3.05, 3.63) is 29.8 Å². The van der Waals surface area contributed by atoms with Crippen LogP contribution in [-0.4, -0.2) is 37.6 Å². The zero-order valence-corrected chi connectivity index (χ0v) is 11.2. The Morgan fingerprint density at radius 1 is 1.42 bits per heavy atom. The minimum absolute atomic E-state index is 0.00719. The van der Waals surface area contributed by atoms with Gasteiger partial charge in [0.1, 0.15) is 5.75 Å². The summed E-state index contributed by atoms with van der Waals surface area (Å²) in [5, 5.41) is 8.86. The van der Waals surface area contributed by atoms with Crippen LogP contribution >= 0.6 is 0 Å². The topological polar surface area (TPSA) is 80.7 Å². The van der Waals surface area contributed by atoms with Crippen molar-refractivity contribution < 1.29 is 23.1 Å². The molecule has 0 aliphatic carbocycles. The molecule has 0 spiro atoms. The van der Waals surface area contributed by atoms with Crippen molar-refractivity contribution in [2.45, 2.75) is 12.8 Å². The van der Waals surface area contributed by atoms with Gasteiger partial charge in [0.2, 0.25) is 0 Å². The first-order chi connectivity index (χ1) is 8.96. The summed E-state index contributed by atoms with van der Waals surface area (Å²) in [7, 11) is -2.93. The molecule has 104 valence electrons. The number of benzene rings is 1. The van der Waals surface area contributed by atoms with Crippen LogP contribution in [0.4, 0.5) is 0 Å². The van der Waals surface area contributed by atoms with Gasteiger partial charge in [-0.1, -0.05) is 6.07 Å². The second kappa shape index (κ2) is 5.61. The fourth-order valence-corrected chi connectivity index (χ4v) is 3.94. The monoisotopic (exact) mass is 284 g/mol. The van der Waals surface area contributed by atoms with Crippen molar-refractivity contribution >= 4 is 15.8 Å². The van der Waals surface area contributed by atoms with E-state index >= 15 is 0 Å². The second-order valence-electron chi connectivity index (χ2n) is 4.77. The number of carbonyl (C=O) groups is 1. The lowest BCUT2D eigenvalue weighted by Gasteiger charge is -2.22. The van der Waals surface area contributed by atoms with Gasteiger partial charge >= 0.3 is 5.97 Å². The van der Waals surface area contributed by atoms with E-state index < -0.39 is 15.8 Å². The lowest BCUT2D eigenvalue weighted by atomic mass is 10.1. The van der Waals surface area contributed by atoms with Gasteiger partial charge in [-0.25, -0.2) is 13.2 Å². The smallest absolute Gasteiger partial charge is 0.335 e. The fourth-order valence-electron chi connectivity index (χ4n) is 2.18. The minimum Gasteiger partial charge on any atom is -0.493 e. The van der Waals surface area contributed by atoms with Crippen molar-refractivity contribution in [3.63, 3.8) is 0 Å². The summed E-state index contributed by atoms with van der Waals surface area (Å²) in [5.74, 6) is -0.135. The van der Waals surface area contributed by atoms with E-state index in [2.05, 4.69) is 0 Å². The van der Waals surface area contributed by atoms with Crippen LogP contribution in [0.5, 0.6) is 5.75 Å². The first kappa shape index (κ1) is 13.9. The molecule has 1 fully saturated rings. The third-order valence-electron chi connectivity index (χ3n) is 3.12. The minimum atomic E-state index is -2.93. The molecule has 1 heterocycles. The second-order valence-corrected chi connectivity index (χ2v) is 7.00. The SMILES string of the molecule is O=C(O)c1cccc(OCC2CCCS(=O)(=O)C2)c1. The lowest BCUT2D eigenvalue weighted by molar-refractivity contribution is 0.0696. The summed E-state index contributed by atoms with van der Waals surface area (Å²) in [6.45, 7) is 0.308. The van der Waals surface area contributed by atoms with E-state index in [9.17, 15) is 13.2 Å². The van der Waals surface area contributed by atoms with Crippen molar-refractivity contribution in [2.75, 3.05) is 18.1 Å². The van der Waals surface area contributed by atoms with Crippen LogP contribution < -0.4 is 4.74 Å². The van der Waals surface area contributed by atoms with Crippen molar-refractivity contribution in [2.24, 2.45) is 5.92 Å². The van der Waals surface area contributed by atoms with Gasteiger partial charge in [-0.05, 0) is 31.0 Å². The van der Waals surface area contributed by atoms with Gasteiger partial charge in [-0.2, -0.15) is 0 Å². The molecule has 1 aliphatic heterocycles. The van der Waals surface area contributed by atoms with Crippen LogP contribution in [0.15, 0.2) is 24.3 Å². The number of rotatable bonds is 4. The standard InChI is InChI=1S/C13H16O5S/c14-13(15)11-4-1-5-12(7-11)18-8-10-3-2-6-19(16,17)9-10/h1,4-5,7,10H,2-3,6,8-9H2,(H,14,15). The average Bonchev–Trinajstić information content (AvgIpc) is 2.35. The number of sulfone groups is 1. The highest BCUT2D eigenvalue weighted by Crippen LogP contribution is 2.20. The Balaban J connectivity index is 1.95. The molecule has 1 unspecified atom stereocenters. The van der Waals surface area contributed by atoms with Gasteiger partial charge in [0.05, 0.1) is 23.7 Å². The molecule has 1 atom stereocenters. The lowest BCUT2D eigenvalue weighted by Crippen LogP contribution is -2.29. The summed E-state index contributed by atoms with van der Waals surface area (Å²) < 4.78 is 28.5. The molecule has 1 aliphatic rings. The average molecular weight is 284 g/mol. The van der Waals surface area contributed by atoms with Crippen LogP contribution in [0.1, 0.15) is 23.2 Å². The molecule has 6 heteroatoms. The van der Waals surface area contributed by atoms with Crippen molar-refractivity contribution in [3.8, 4) is 5.75 Å². The summed E-state index contributed by atoms with van der Waals surface area (Å²) in [6, 6.07) is 6.21. The van der Waals surface area contributed by atoms with Crippen LogP contribution in [-0.2, 0) is 9.84 Å². The predicted molar refractivity (Wildman–Crippen MR) is 70.3 cm³/mol. The van der Waals surface area contributed by atoms with E-state index in [0.717, 1.165) is 6.42 Å². The molecule has 1 saturated heterocycles. The Morgan fingerprint density at radius 2 is 2.21 bits per heavy atom. The first-order valence-corrected chi connectivity index (χ1v) is 7.95. The Labute approximate surface area is 112 Å². The van der Waals surface area contributed by atoms with Gasteiger partial charge in [0, 0.05) is 5.92 Å². The van der Waals surface area contributed by atoms with Crippen LogP contribution in [0.25, 0.3) is 0 Å². The van der Waals surface area contributed by atoms with Gasteiger partial charge in [0.15, 0.2) is 9.84 Å². The van der Waals surface area contributed by atoms with Gasteiger partial charge < -0.3 is 9.84 Å². The number of carboxylic acid groups (broad SMARTS) is 1. The first-order valence-electron chi connectivity index (χ1n) is 6.13. The Morgan fingerprint density at radius 3 is 2.89 bits per heavy atom. The number of carboxylic acids is 1. The van der Waals surface area contributed by atoms with Crippen LogP contribution in [0, 0.1) is 5.92 Å². The van der Waals surface area contributed by atoms with Crippen molar-refractivity contribution in [1.29, 1.82) is 0 Å². The molecule has 1 N–H and O–H groups in total. The van der Waals surface area contributed by atoms with Crippen molar-refractivity contribution in [1.82, 2.24) is 0 Å².